The Morgan fingerprint density at radius 3 is 2.53 bits per heavy atom. The Morgan fingerprint density at radius 2 is 1.90 bits per heavy atom. The molecule has 30 heavy (non-hydrogen) atoms. The molecular formula is C21H26F2N4O3. The van der Waals surface area contributed by atoms with E-state index in [4.69, 9.17) is 10.5 Å². The second kappa shape index (κ2) is 9.03. The molecule has 0 aliphatic heterocycles. The number of aliphatic hydroxyl groups is 2. The van der Waals surface area contributed by atoms with Crippen molar-refractivity contribution in [2.24, 2.45) is 5.92 Å². The van der Waals surface area contributed by atoms with Crippen molar-refractivity contribution < 1.29 is 23.7 Å². The van der Waals surface area contributed by atoms with E-state index in [-0.39, 0.29) is 23.6 Å². The number of alkyl halides is 2. The van der Waals surface area contributed by atoms with Crippen LogP contribution in [0, 0.1) is 5.92 Å². The number of ether oxygens (including phenoxy) is 1. The molecule has 4 atom stereocenters. The predicted molar refractivity (Wildman–Crippen MR) is 108 cm³/mol. The second-order valence-electron chi connectivity index (χ2n) is 7.34. The van der Waals surface area contributed by atoms with Gasteiger partial charge in [-0.15, -0.1) is 0 Å². The SMILES string of the molecule is CC[C@@H](O)[C@H](C)C(OCc1ccccc1)[C@@](O)(c1ccc2c(N)ncnn12)C(F)F. The summed E-state index contributed by atoms with van der Waals surface area (Å²) < 4.78 is 36.0. The summed E-state index contributed by atoms with van der Waals surface area (Å²) >= 11 is 0. The second-order valence-corrected chi connectivity index (χ2v) is 7.34. The molecule has 0 saturated heterocycles. The average molecular weight is 420 g/mol. The molecule has 0 spiro atoms. The molecule has 0 fully saturated rings. The minimum Gasteiger partial charge on any atom is -0.393 e. The van der Waals surface area contributed by atoms with E-state index in [0.29, 0.717) is 6.42 Å². The van der Waals surface area contributed by atoms with Crippen molar-refractivity contribution in [2.75, 3.05) is 5.73 Å². The molecule has 1 aromatic carbocycles. The highest BCUT2D eigenvalue weighted by Crippen LogP contribution is 2.39. The molecule has 9 heteroatoms. The van der Waals surface area contributed by atoms with Crippen molar-refractivity contribution in [2.45, 2.75) is 51.1 Å². The highest BCUT2D eigenvalue weighted by Gasteiger charge is 2.53. The minimum absolute atomic E-state index is 0.0122. The van der Waals surface area contributed by atoms with E-state index >= 15 is 0 Å². The van der Waals surface area contributed by atoms with E-state index in [1.807, 2.05) is 6.07 Å². The minimum atomic E-state index is -3.22. The van der Waals surface area contributed by atoms with Gasteiger partial charge in [0.25, 0.3) is 6.43 Å². The molecule has 0 saturated carbocycles. The number of benzene rings is 1. The van der Waals surface area contributed by atoms with Gasteiger partial charge in [0.1, 0.15) is 17.9 Å². The van der Waals surface area contributed by atoms with Crippen molar-refractivity contribution in [1.29, 1.82) is 0 Å². The van der Waals surface area contributed by atoms with Gasteiger partial charge in [-0.25, -0.2) is 18.3 Å². The maximum Gasteiger partial charge on any atom is 0.275 e. The Morgan fingerprint density at radius 1 is 1.20 bits per heavy atom. The van der Waals surface area contributed by atoms with Crippen LogP contribution in [0.25, 0.3) is 5.52 Å². The van der Waals surface area contributed by atoms with Crippen molar-refractivity contribution in [3.8, 4) is 0 Å². The third-order valence-corrected chi connectivity index (χ3v) is 5.43. The molecule has 2 aromatic heterocycles. The lowest BCUT2D eigenvalue weighted by Gasteiger charge is -2.39. The summed E-state index contributed by atoms with van der Waals surface area (Å²) in [5.41, 5.74) is 3.92. The first-order valence-corrected chi connectivity index (χ1v) is 9.73. The Labute approximate surface area is 173 Å². The number of halogens is 2. The van der Waals surface area contributed by atoms with Gasteiger partial charge in [-0.05, 0) is 24.1 Å². The van der Waals surface area contributed by atoms with Crippen molar-refractivity contribution in [3.63, 3.8) is 0 Å². The predicted octanol–water partition coefficient (Wildman–Crippen LogP) is 2.76. The highest BCUT2D eigenvalue weighted by atomic mass is 19.3. The number of aromatic nitrogens is 3. The maximum absolute atomic E-state index is 14.5. The molecule has 7 nitrogen and oxygen atoms in total. The van der Waals surface area contributed by atoms with Crippen LogP contribution in [-0.2, 0) is 16.9 Å². The number of nitrogen functional groups attached to an aromatic ring is 1. The first-order valence-electron chi connectivity index (χ1n) is 9.73. The zero-order valence-electron chi connectivity index (χ0n) is 16.8. The molecule has 4 N–H and O–H groups in total. The van der Waals surface area contributed by atoms with Crippen LogP contribution < -0.4 is 5.73 Å². The lowest BCUT2D eigenvalue weighted by Crippen LogP contribution is -2.53. The highest BCUT2D eigenvalue weighted by molar-refractivity contribution is 5.65. The summed E-state index contributed by atoms with van der Waals surface area (Å²) in [7, 11) is 0. The number of hydrogen-bond acceptors (Lipinski definition) is 6. The van der Waals surface area contributed by atoms with E-state index in [2.05, 4.69) is 10.1 Å². The zero-order chi connectivity index (χ0) is 21.9. The molecule has 0 radical (unpaired) electrons. The summed E-state index contributed by atoms with van der Waals surface area (Å²) in [6.07, 6.45) is -4.17. The van der Waals surface area contributed by atoms with Gasteiger partial charge in [0.2, 0.25) is 0 Å². The molecule has 162 valence electrons. The van der Waals surface area contributed by atoms with Crippen LogP contribution in [0.4, 0.5) is 14.6 Å². The zero-order valence-corrected chi connectivity index (χ0v) is 16.8. The number of hydrogen-bond donors (Lipinski definition) is 3. The van der Waals surface area contributed by atoms with Gasteiger partial charge in [-0.2, -0.15) is 5.10 Å². The lowest BCUT2D eigenvalue weighted by atomic mass is 9.82. The van der Waals surface area contributed by atoms with Crippen LogP contribution >= 0.6 is 0 Å². The molecule has 3 aromatic rings. The number of nitrogens with zero attached hydrogens (tertiary/aromatic N) is 3. The van der Waals surface area contributed by atoms with Gasteiger partial charge in [0, 0.05) is 5.92 Å². The van der Waals surface area contributed by atoms with Gasteiger partial charge in [-0.3, -0.25) is 0 Å². The summed E-state index contributed by atoms with van der Waals surface area (Å²) in [5.74, 6) is -0.710. The lowest BCUT2D eigenvalue weighted by molar-refractivity contribution is -0.216. The molecule has 1 unspecified atom stereocenters. The fourth-order valence-corrected chi connectivity index (χ4v) is 3.65. The number of rotatable bonds is 9. The van der Waals surface area contributed by atoms with Gasteiger partial charge in [0.15, 0.2) is 11.4 Å². The number of aliphatic hydroxyl groups excluding tert-OH is 1. The van der Waals surface area contributed by atoms with Gasteiger partial charge >= 0.3 is 0 Å². The van der Waals surface area contributed by atoms with Crippen LogP contribution in [0.3, 0.4) is 0 Å². The summed E-state index contributed by atoms with van der Waals surface area (Å²) in [6.45, 7) is 3.30. The van der Waals surface area contributed by atoms with Crippen LogP contribution in [0.2, 0.25) is 0 Å². The normalized spacial score (nSPS) is 17.0. The average Bonchev–Trinajstić information content (AvgIpc) is 3.19. The topological polar surface area (TPSA) is 106 Å². The van der Waals surface area contributed by atoms with Crippen molar-refractivity contribution in [1.82, 2.24) is 14.6 Å². The van der Waals surface area contributed by atoms with Gasteiger partial charge < -0.3 is 20.7 Å². The van der Waals surface area contributed by atoms with Crippen molar-refractivity contribution in [3.05, 3.63) is 60.0 Å². The van der Waals surface area contributed by atoms with Gasteiger partial charge in [-0.1, -0.05) is 44.2 Å². The molecule has 0 bridgehead atoms. The van der Waals surface area contributed by atoms with E-state index in [1.165, 1.54) is 12.1 Å². The largest absolute Gasteiger partial charge is 0.393 e. The summed E-state index contributed by atoms with van der Waals surface area (Å²) in [4.78, 5) is 3.85. The molecule has 0 amide bonds. The smallest absolute Gasteiger partial charge is 0.275 e. The van der Waals surface area contributed by atoms with Crippen LogP contribution in [-0.4, -0.2) is 43.4 Å². The van der Waals surface area contributed by atoms with Crippen LogP contribution in [0.15, 0.2) is 48.8 Å². The number of fused-ring (bicyclic) bond motifs is 1. The van der Waals surface area contributed by atoms with Gasteiger partial charge in [0.05, 0.1) is 18.4 Å². The Balaban J connectivity index is 2.08. The van der Waals surface area contributed by atoms with Crippen LogP contribution in [0.5, 0.6) is 0 Å². The standard InChI is InChI=1S/C21H26F2N4O3/c1-3-16(28)13(2)18(30-11-14-7-5-4-6-8-14)21(29,20(22)23)17-10-9-15-19(24)25-12-26-27(15)17/h4-10,12-13,16,18,20,28-29H,3,11H2,1-2H3,(H2,24,25,26)/t13-,16+,18?,21-/m0/s1. The molecule has 2 heterocycles. The fraction of sp³-hybridized carbons (Fsp3) is 0.429. The fourth-order valence-electron chi connectivity index (χ4n) is 3.65. The third kappa shape index (κ3) is 4.00. The van der Waals surface area contributed by atoms with Crippen molar-refractivity contribution >= 4 is 11.3 Å². The molecule has 0 aliphatic rings. The third-order valence-electron chi connectivity index (χ3n) is 5.43. The molecule has 3 rings (SSSR count). The Kier molecular flexibility index (Phi) is 6.64. The Hall–Kier alpha value is -2.62. The van der Waals surface area contributed by atoms with E-state index in [1.54, 1.807) is 38.1 Å². The quantitative estimate of drug-likeness (QED) is 0.492. The maximum atomic E-state index is 14.5. The van der Waals surface area contributed by atoms with E-state index < -0.39 is 30.2 Å². The number of nitrogens with two attached hydrogens (primary N) is 1. The van der Waals surface area contributed by atoms with E-state index in [0.717, 1.165) is 16.4 Å². The molecular weight excluding hydrogens is 394 g/mol. The molecule has 0 aliphatic carbocycles. The monoisotopic (exact) mass is 420 g/mol. The van der Waals surface area contributed by atoms with E-state index in [9.17, 15) is 19.0 Å². The Bertz CT molecular complexity index is 969. The van der Waals surface area contributed by atoms with Crippen LogP contribution in [0.1, 0.15) is 31.5 Å². The summed E-state index contributed by atoms with van der Waals surface area (Å²) in [6, 6.07) is 11.8. The first-order chi connectivity index (χ1) is 14.3. The first kappa shape index (κ1) is 22.1. The summed E-state index contributed by atoms with van der Waals surface area (Å²) in [5, 5.41) is 25.8. The number of anilines is 1.